The molecule has 0 aromatic rings. The largest absolute Gasteiger partial charge is 0.394 e. The normalized spacial score (nSPS) is 24.8. The van der Waals surface area contributed by atoms with Crippen LogP contribution in [0.2, 0.25) is 0 Å². The molecule has 474 valence electrons. The van der Waals surface area contributed by atoms with Crippen LogP contribution in [-0.2, 0) is 23.7 Å². The van der Waals surface area contributed by atoms with Crippen molar-refractivity contribution in [1.29, 1.82) is 0 Å². The number of amides is 1. The van der Waals surface area contributed by atoms with Crippen LogP contribution in [-0.4, -0.2) is 140 Å². The monoisotopic (exact) mass is 1170 g/mol. The minimum atomic E-state index is -1.80. The Bertz CT molecular complexity index is 2010. The van der Waals surface area contributed by atoms with Crippen LogP contribution in [0.25, 0.3) is 0 Å². The predicted octanol–water partition coefficient (Wildman–Crippen LogP) is 11.9. The summed E-state index contributed by atoms with van der Waals surface area (Å²) in [6.45, 7) is 2.59. The standard InChI is InChI=1S/C70H111NO13/c1-3-5-7-9-11-13-15-17-19-20-21-22-23-24-25-26-27-28-29-30-31-32-33-34-35-36-37-38-40-42-44-46-48-50-52-54-62(75)71-58(59(74)53-51-49-47-45-43-41-39-18-16-14-12-10-8-6-4-2)57-81-69-67(80)65(78)68(61(56-73)83-69)84-70-66(79)64(77)63(76)60(55-72)82-70/h5,7,11,13,16-19,21-22,24-25,27-28,30-31,33-34,36-37,40,42-43,45,51,53,58-61,63-70,72-74,76-80H,3-4,6,8-10,12,14-15,20,23,26,29,32,35,38-39,41,44,46-50,52,54-57H2,1-2H3,(H,71,75)/b7-5-,13-11-,18-16+,19-17-,22-21-,25-24-,28-27-,31-30-,34-33-,37-36-,42-40-,45-43+,53-51+. The summed E-state index contributed by atoms with van der Waals surface area (Å²) < 4.78 is 22.7. The molecule has 9 N–H and O–H groups in total. The predicted molar refractivity (Wildman–Crippen MR) is 341 cm³/mol. The average molecular weight is 1170 g/mol. The van der Waals surface area contributed by atoms with Crippen molar-refractivity contribution in [1.82, 2.24) is 5.32 Å². The first-order valence-corrected chi connectivity index (χ1v) is 31.7. The molecule has 0 spiro atoms. The smallest absolute Gasteiger partial charge is 0.220 e. The van der Waals surface area contributed by atoms with Gasteiger partial charge in [0.2, 0.25) is 5.91 Å². The summed E-state index contributed by atoms with van der Waals surface area (Å²) in [7, 11) is 0. The molecule has 0 saturated carbocycles. The van der Waals surface area contributed by atoms with Gasteiger partial charge in [-0.15, -0.1) is 0 Å². The molecule has 0 aromatic carbocycles. The maximum Gasteiger partial charge on any atom is 0.220 e. The van der Waals surface area contributed by atoms with Gasteiger partial charge in [-0.25, -0.2) is 0 Å². The van der Waals surface area contributed by atoms with E-state index in [0.717, 1.165) is 116 Å². The van der Waals surface area contributed by atoms with E-state index >= 15 is 0 Å². The number of carbonyl (C=O) groups excluding carboxylic acids is 1. The van der Waals surface area contributed by atoms with E-state index in [0.29, 0.717) is 12.8 Å². The molecule has 12 unspecified atom stereocenters. The summed E-state index contributed by atoms with van der Waals surface area (Å²) in [6, 6.07) is -0.964. The first-order chi connectivity index (χ1) is 41.1. The fourth-order valence-corrected chi connectivity index (χ4v) is 9.11. The Morgan fingerprint density at radius 2 is 0.833 bits per heavy atom. The highest BCUT2D eigenvalue weighted by Crippen LogP contribution is 2.30. The van der Waals surface area contributed by atoms with E-state index < -0.39 is 86.8 Å². The second kappa shape index (κ2) is 52.9. The zero-order valence-corrected chi connectivity index (χ0v) is 51.1. The summed E-state index contributed by atoms with van der Waals surface area (Å²) >= 11 is 0. The van der Waals surface area contributed by atoms with Crippen LogP contribution in [0.3, 0.4) is 0 Å². The molecule has 2 heterocycles. The van der Waals surface area contributed by atoms with Gasteiger partial charge in [0.1, 0.15) is 48.8 Å². The van der Waals surface area contributed by atoms with Gasteiger partial charge in [-0.05, 0) is 122 Å². The second-order valence-electron chi connectivity index (χ2n) is 21.4. The van der Waals surface area contributed by atoms with Gasteiger partial charge in [-0.3, -0.25) is 4.79 Å². The maximum absolute atomic E-state index is 13.3. The first kappa shape index (κ1) is 75.7. The third kappa shape index (κ3) is 37.2. The lowest BCUT2D eigenvalue weighted by Gasteiger charge is -2.46. The van der Waals surface area contributed by atoms with Crippen molar-refractivity contribution in [3.8, 4) is 0 Å². The molecule has 2 rings (SSSR count). The van der Waals surface area contributed by atoms with Gasteiger partial charge in [-0.2, -0.15) is 0 Å². The summed E-state index contributed by atoms with van der Waals surface area (Å²) in [5.74, 6) is -0.286. The van der Waals surface area contributed by atoms with Crippen molar-refractivity contribution in [2.75, 3.05) is 19.8 Å². The van der Waals surface area contributed by atoms with Gasteiger partial charge in [0.05, 0.1) is 32.0 Å². The molecule has 14 nitrogen and oxygen atoms in total. The van der Waals surface area contributed by atoms with Gasteiger partial charge >= 0.3 is 0 Å². The molecule has 2 aliphatic heterocycles. The van der Waals surface area contributed by atoms with E-state index in [1.165, 1.54) is 32.1 Å². The Morgan fingerprint density at radius 1 is 0.440 bits per heavy atom. The Kier molecular flexibility index (Phi) is 47.7. The van der Waals surface area contributed by atoms with Crippen molar-refractivity contribution in [2.45, 2.75) is 254 Å². The van der Waals surface area contributed by atoms with E-state index in [1.54, 1.807) is 6.08 Å². The number of aliphatic hydroxyl groups is 8. The third-order valence-corrected chi connectivity index (χ3v) is 14.2. The number of unbranched alkanes of at least 4 members (excludes halogenated alkanes) is 11. The molecular weight excluding hydrogens is 1060 g/mol. The van der Waals surface area contributed by atoms with Crippen LogP contribution in [0, 0.1) is 0 Å². The number of aliphatic hydroxyl groups excluding tert-OH is 8. The molecule has 14 heteroatoms. The zero-order valence-electron chi connectivity index (χ0n) is 51.1. The van der Waals surface area contributed by atoms with Crippen molar-refractivity contribution >= 4 is 5.91 Å². The maximum atomic E-state index is 13.3. The van der Waals surface area contributed by atoms with Crippen LogP contribution < -0.4 is 5.32 Å². The number of ether oxygens (including phenoxy) is 4. The average Bonchev–Trinajstić information content (AvgIpc) is 3.23. The number of hydrogen-bond acceptors (Lipinski definition) is 13. The van der Waals surface area contributed by atoms with Crippen LogP contribution in [0.15, 0.2) is 158 Å². The lowest BCUT2D eigenvalue weighted by Crippen LogP contribution is -2.65. The molecule has 0 radical (unpaired) electrons. The molecule has 1 amide bonds. The fourth-order valence-electron chi connectivity index (χ4n) is 9.11. The molecule has 0 aliphatic carbocycles. The molecule has 0 bridgehead atoms. The van der Waals surface area contributed by atoms with Crippen LogP contribution in [0.5, 0.6) is 0 Å². The van der Waals surface area contributed by atoms with Crippen LogP contribution in [0.4, 0.5) is 0 Å². The van der Waals surface area contributed by atoms with Crippen molar-refractivity contribution in [3.05, 3.63) is 158 Å². The van der Waals surface area contributed by atoms with Gasteiger partial charge in [0.25, 0.3) is 0 Å². The van der Waals surface area contributed by atoms with Crippen molar-refractivity contribution < 1.29 is 64.6 Å². The molecule has 2 fully saturated rings. The molecule has 84 heavy (non-hydrogen) atoms. The molecule has 2 aliphatic rings. The summed E-state index contributed by atoms with van der Waals surface area (Å²) in [4.78, 5) is 13.3. The van der Waals surface area contributed by atoms with E-state index in [2.05, 4.69) is 165 Å². The number of nitrogens with one attached hydrogen (secondary N) is 1. The molecule has 12 atom stereocenters. The van der Waals surface area contributed by atoms with Crippen LogP contribution in [0.1, 0.15) is 181 Å². The number of carbonyl (C=O) groups is 1. The highest BCUT2D eigenvalue weighted by atomic mass is 16.7. The lowest BCUT2D eigenvalue weighted by molar-refractivity contribution is -0.359. The van der Waals surface area contributed by atoms with Gasteiger partial charge in [0.15, 0.2) is 12.6 Å². The highest BCUT2D eigenvalue weighted by Gasteiger charge is 2.51. The number of allylic oxidation sites excluding steroid dienone is 25. The van der Waals surface area contributed by atoms with E-state index in [4.69, 9.17) is 18.9 Å². The van der Waals surface area contributed by atoms with Crippen molar-refractivity contribution in [3.63, 3.8) is 0 Å². The van der Waals surface area contributed by atoms with E-state index in [9.17, 15) is 45.6 Å². The Balaban J connectivity index is 1.72. The highest BCUT2D eigenvalue weighted by molar-refractivity contribution is 5.76. The molecular formula is C70H111NO13. The van der Waals surface area contributed by atoms with E-state index in [1.807, 2.05) is 6.08 Å². The minimum Gasteiger partial charge on any atom is -0.394 e. The zero-order chi connectivity index (χ0) is 60.9. The summed E-state index contributed by atoms with van der Waals surface area (Å²) in [5.41, 5.74) is 0. The quantitative estimate of drug-likeness (QED) is 0.0204. The summed E-state index contributed by atoms with van der Waals surface area (Å²) in [5, 5.41) is 87.1. The van der Waals surface area contributed by atoms with Gasteiger partial charge in [-0.1, -0.05) is 210 Å². The number of hydrogen-bond donors (Lipinski definition) is 9. The van der Waals surface area contributed by atoms with Crippen LogP contribution >= 0.6 is 0 Å². The topological polar surface area (TPSA) is 228 Å². The first-order valence-electron chi connectivity index (χ1n) is 31.7. The third-order valence-electron chi connectivity index (χ3n) is 14.2. The van der Waals surface area contributed by atoms with Crippen molar-refractivity contribution in [2.24, 2.45) is 0 Å². The number of rotatable bonds is 48. The van der Waals surface area contributed by atoms with Gasteiger partial charge < -0.3 is 65.1 Å². The second-order valence-corrected chi connectivity index (χ2v) is 21.4. The van der Waals surface area contributed by atoms with E-state index in [-0.39, 0.29) is 18.9 Å². The Morgan fingerprint density at radius 3 is 1.30 bits per heavy atom. The lowest BCUT2D eigenvalue weighted by atomic mass is 9.97. The molecule has 0 aromatic heterocycles. The van der Waals surface area contributed by atoms with Gasteiger partial charge in [0, 0.05) is 6.42 Å². The Hall–Kier alpha value is -4.39. The summed E-state index contributed by atoms with van der Waals surface area (Å²) in [6.07, 6.45) is 64.3. The molecule has 2 saturated heterocycles. The minimum absolute atomic E-state index is 0.229. The Labute approximate surface area is 505 Å². The fraction of sp³-hybridized carbons (Fsp3) is 0.614. The SMILES string of the molecule is CC/C=C\C/C=C\C/C=C\C/C=C\C/C=C\C/C=C\C/C=C\C/C=C\C/C=C\C/C=C\CCCCCCC(=O)NC(COC1OC(CO)C(OC2OC(CO)C(O)C(O)C2O)C(O)C1O)C(O)/C=C/CC/C=C/CC/C=C/CCCCCCC.